The molecule has 0 aliphatic carbocycles. The molecule has 0 aliphatic rings. The van der Waals surface area contributed by atoms with E-state index in [0.717, 1.165) is 12.3 Å². The van der Waals surface area contributed by atoms with Crippen LogP contribution < -0.4 is 5.14 Å². The summed E-state index contributed by atoms with van der Waals surface area (Å²) in [6.07, 6.45) is 1.14. The van der Waals surface area contributed by atoms with Crippen molar-refractivity contribution in [2.24, 2.45) is 5.14 Å². The zero-order chi connectivity index (χ0) is 9.19. The predicted molar refractivity (Wildman–Crippen MR) is 41.0 cm³/mol. The Bertz CT molecular complexity index is 360. The quantitative estimate of drug-likeness (QED) is 0.667. The summed E-state index contributed by atoms with van der Waals surface area (Å²) in [4.78, 5) is 3.28. The molecule has 1 heterocycles. The minimum atomic E-state index is -3.55. The van der Waals surface area contributed by atoms with Gasteiger partial charge >= 0.3 is 0 Å². The van der Waals surface area contributed by atoms with E-state index < -0.39 is 16.0 Å². The molecule has 66 valence electrons. The molecule has 0 saturated heterocycles. The number of hydrogen-bond acceptors (Lipinski definition) is 3. The fourth-order valence-corrected chi connectivity index (χ4v) is 1.36. The highest BCUT2D eigenvalue weighted by Crippen LogP contribution is 2.01. The molecule has 0 unspecified atom stereocenters. The topological polar surface area (TPSA) is 73.1 Å². The molecule has 1 rings (SSSR count). The Labute approximate surface area is 69.3 Å². The Morgan fingerprint density at radius 1 is 1.50 bits per heavy atom. The molecule has 1 aromatic rings. The number of pyridine rings is 1. The van der Waals surface area contributed by atoms with Gasteiger partial charge in [-0.15, -0.1) is 0 Å². The number of aromatic nitrogens is 1. The highest BCUT2D eigenvalue weighted by atomic mass is 32.2. The molecular formula is C6H7FN2O2S. The van der Waals surface area contributed by atoms with Gasteiger partial charge in [0.2, 0.25) is 16.0 Å². The molecule has 0 spiro atoms. The number of nitrogens with zero attached hydrogens (tertiary/aromatic N) is 1. The van der Waals surface area contributed by atoms with Crippen LogP contribution in [0.3, 0.4) is 0 Å². The molecule has 0 saturated carbocycles. The van der Waals surface area contributed by atoms with Gasteiger partial charge in [0, 0.05) is 6.20 Å². The monoisotopic (exact) mass is 190 g/mol. The van der Waals surface area contributed by atoms with E-state index >= 15 is 0 Å². The van der Waals surface area contributed by atoms with Crippen molar-refractivity contribution in [3.8, 4) is 0 Å². The van der Waals surface area contributed by atoms with Crippen molar-refractivity contribution in [3.05, 3.63) is 29.8 Å². The highest BCUT2D eigenvalue weighted by Gasteiger charge is 2.04. The molecule has 2 N–H and O–H groups in total. The van der Waals surface area contributed by atoms with Crippen molar-refractivity contribution in [2.75, 3.05) is 0 Å². The van der Waals surface area contributed by atoms with Crippen molar-refractivity contribution in [1.82, 2.24) is 4.98 Å². The van der Waals surface area contributed by atoms with Crippen LogP contribution in [0.25, 0.3) is 0 Å². The number of rotatable bonds is 2. The molecule has 1 aromatic heterocycles. The zero-order valence-electron chi connectivity index (χ0n) is 6.07. The molecule has 0 radical (unpaired) electrons. The van der Waals surface area contributed by atoms with Gasteiger partial charge in [-0.25, -0.2) is 18.5 Å². The van der Waals surface area contributed by atoms with E-state index in [0.29, 0.717) is 5.56 Å². The molecule has 6 heteroatoms. The minimum absolute atomic E-state index is 0.319. The van der Waals surface area contributed by atoms with Gasteiger partial charge < -0.3 is 0 Å². The van der Waals surface area contributed by atoms with Crippen LogP contribution >= 0.6 is 0 Å². The first-order chi connectivity index (χ1) is 5.47. The third-order valence-electron chi connectivity index (χ3n) is 1.16. The Morgan fingerprint density at radius 2 is 2.17 bits per heavy atom. The molecule has 4 nitrogen and oxygen atoms in total. The molecule has 0 atom stereocenters. The second kappa shape index (κ2) is 3.16. The lowest BCUT2D eigenvalue weighted by Crippen LogP contribution is -2.14. The van der Waals surface area contributed by atoms with Crippen molar-refractivity contribution in [3.63, 3.8) is 0 Å². The molecular weight excluding hydrogens is 183 g/mol. The van der Waals surface area contributed by atoms with Gasteiger partial charge in [0.25, 0.3) is 0 Å². The summed E-state index contributed by atoms with van der Waals surface area (Å²) in [6, 6.07) is 2.41. The average molecular weight is 190 g/mol. The highest BCUT2D eigenvalue weighted by molar-refractivity contribution is 7.88. The Kier molecular flexibility index (Phi) is 2.39. The molecule has 0 amide bonds. The summed E-state index contributed by atoms with van der Waals surface area (Å²) in [5.74, 6) is -0.964. The lowest BCUT2D eigenvalue weighted by molar-refractivity contribution is 0.581. The maximum atomic E-state index is 12.2. The second-order valence-electron chi connectivity index (χ2n) is 2.30. The fraction of sp³-hybridized carbons (Fsp3) is 0.167. The Balaban J connectivity index is 2.85. The number of nitrogens with two attached hydrogens (primary N) is 1. The van der Waals surface area contributed by atoms with E-state index in [1.807, 2.05) is 0 Å². The molecule has 0 aliphatic heterocycles. The number of sulfonamides is 1. The van der Waals surface area contributed by atoms with E-state index in [-0.39, 0.29) is 5.75 Å². The van der Waals surface area contributed by atoms with Gasteiger partial charge in [0.1, 0.15) is 0 Å². The molecule has 0 aromatic carbocycles. The third-order valence-corrected chi connectivity index (χ3v) is 1.89. The van der Waals surface area contributed by atoms with Crippen LogP contribution in [0.5, 0.6) is 0 Å². The van der Waals surface area contributed by atoms with E-state index in [1.54, 1.807) is 0 Å². The second-order valence-corrected chi connectivity index (χ2v) is 3.91. The third kappa shape index (κ3) is 2.93. The molecule has 0 bridgehead atoms. The van der Waals surface area contributed by atoms with Gasteiger partial charge in [-0.1, -0.05) is 6.07 Å². The van der Waals surface area contributed by atoms with Crippen molar-refractivity contribution < 1.29 is 12.8 Å². The minimum Gasteiger partial charge on any atom is -0.228 e. The van der Waals surface area contributed by atoms with Gasteiger partial charge in [-0.3, -0.25) is 0 Å². The number of hydrogen-bond donors (Lipinski definition) is 1. The van der Waals surface area contributed by atoms with Crippen LogP contribution in [0.2, 0.25) is 0 Å². The van der Waals surface area contributed by atoms with E-state index in [9.17, 15) is 12.8 Å². The maximum Gasteiger partial charge on any atom is 0.213 e. The largest absolute Gasteiger partial charge is 0.228 e. The fourth-order valence-electron chi connectivity index (χ4n) is 0.724. The molecule has 0 fully saturated rings. The van der Waals surface area contributed by atoms with Crippen LogP contribution in [0.1, 0.15) is 5.56 Å². The lowest BCUT2D eigenvalue weighted by atomic mass is 10.3. The Morgan fingerprint density at radius 3 is 2.58 bits per heavy atom. The van der Waals surface area contributed by atoms with Gasteiger partial charge in [-0.05, 0) is 11.6 Å². The van der Waals surface area contributed by atoms with Gasteiger partial charge in [-0.2, -0.15) is 4.39 Å². The van der Waals surface area contributed by atoms with Crippen molar-refractivity contribution in [2.45, 2.75) is 5.75 Å². The summed E-state index contributed by atoms with van der Waals surface area (Å²) in [5, 5.41) is 4.76. The normalized spacial score (nSPS) is 11.5. The van der Waals surface area contributed by atoms with Gasteiger partial charge in [0.15, 0.2) is 0 Å². The summed E-state index contributed by atoms with van der Waals surface area (Å²) < 4.78 is 33.3. The predicted octanol–water partition coefficient (Wildman–Crippen LogP) is 0.00920. The van der Waals surface area contributed by atoms with E-state index in [2.05, 4.69) is 4.98 Å². The first-order valence-corrected chi connectivity index (χ1v) is 4.80. The van der Waals surface area contributed by atoms with Crippen LogP contribution in [0.15, 0.2) is 18.3 Å². The smallest absolute Gasteiger partial charge is 0.213 e. The summed E-state index contributed by atoms with van der Waals surface area (Å²) in [5.41, 5.74) is 0.374. The standard InChI is InChI=1S/C6H7FN2O2S/c7-6-2-1-5(3-9-6)4-12(8,10)11/h1-3H,4H2,(H2,8,10,11). The van der Waals surface area contributed by atoms with Crippen LogP contribution in [0, 0.1) is 5.95 Å². The lowest BCUT2D eigenvalue weighted by Gasteiger charge is -1.96. The van der Waals surface area contributed by atoms with Crippen LogP contribution in [-0.4, -0.2) is 13.4 Å². The van der Waals surface area contributed by atoms with Crippen molar-refractivity contribution in [1.29, 1.82) is 0 Å². The van der Waals surface area contributed by atoms with E-state index in [4.69, 9.17) is 5.14 Å². The van der Waals surface area contributed by atoms with Crippen LogP contribution in [0.4, 0.5) is 4.39 Å². The van der Waals surface area contributed by atoms with Crippen molar-refractivity contribution >= 4 is 10.0 Å². The van der Waals surface area contributed by atoms with E-state index in [1.165, 1.54) is 6.07 Å². The average Bonchev–Trinajstić information content (AvgIpc) is 1.91. The number of primary sulfonamides is 1. The number of halogens is 1. The molecule has 12 heavy (non-hydrogen) atoms. The zero-order valence-corrected chi connectivity index (χ0v) is 6.88. The first-order valence-electron chi connectivity index (χ1n) is 3.08. The van der Waals surface area contributed by atoms with Gasteiger partial charge in [0.05, 0.1) is 5.75 Å². The first kappa shape index (κ1) is 9.08. The summed E-state index contributed by atoms with van der Waals surface area (Å²) >= 11 is 0. The summed E-state index contributed by atoms with van der Waals surface area (Å²) in [7, 11) is -3.55. The van der Waals surface area contributed by atoms with Crippen LogP contribution in [-0.2, 0) is 15.8 Å². The maximum absolute atomic E-state index is 12.2. The summed E-state index contributed by atoms with van der Waals surface area (Å²) in [6.45, 7) is 0. The SMILES string of the molecule is NS(=O)(=O)Cc1ccc(F)nc1. The Hall–Kier alpha value is -1.01.